The highest BCUT2D eigenvalue weighted by Gasteiger charge is 1.99. The smallest absolute Gasteiger partial charge is 0.0994 e. The third-order valence-electron chi connectivity index (χ3n) is 2.39. The van der Waals surface area contributed by atoms with E-state index in [0.29, 0.717) is 0 Å². The van der Waals surface area contributed by atoms with Crippen molar-refractivity contribution in [2.45, 2.75) is 13.5 Å². The molecule has 2 aromatic rings. The number of anilines is 1. The topological polar surface area (TPSA) is 35.8 Å². The van der Waals surface area contributed by atoms with Crippen LogP contribution in [0.5, 0.6) is 0 Å². The van der Waals surface area contributed by atoms with E-state index < -0.39 is 0 Å². The molecule has 0 spiro atoms. The molecule has 3 heteroatoms. The van der Waals surface area contributed by atoms with Crippen molar-refractivity contribution >= 4 is 17.0 Å². The van der Waals surface area contributed by atoms with Crippen molar-refractivity contribution in [3.05, 3.63) is 51.7 Å². The Balaban J connectivity index is 2.06. The summed E-state index contributed by atoms with van der Waals surface area (Å²) in [6.07, 6.45) is 0. The molecule has 1 heterocycles. The summed E-state index contributed by atoms with van der Waals surface area (Å²) in [5.41, 5.74) is 2.81. The zero-order valence-corrected chi connectivity index (χ0v) is 9.84. The Kier molecular flexibility index (Phi) is 3.23. The number of thiophene rings is 1. The van der Waals surface area contributed by atoms with Gasteiger partial charge in [0.05, 0.1) is 11.6 Å². The molecule has 0 radical (unpaired) electrons. The summed E-state index contributed by atoms with van der Waals surface area (Å²) < 4.78 is 0. The highest BCUT2D eigenvalue weighted by atomic mass is 32.1. The van der Waals surface area contributed by atoms with Crippen LogP contribution in [0.1, 0.15) is 16.0 Å². The SMILES string of the molecule is Cc1cc(NCc2cccs2)ccc1C#N. The Hall–Kier alpha value is -1.79. The van der Waals surface area contributed by atoms with E-state index in [1.165, 1.54) is 4.88 Å². The summed E-state index contributed by atoms with van der Waals surface area (Å²) in [5, 5.41) is 14.2. The van der Waals surface area contributed by atoms with E-state index in [1.54, 1.807) is 11.3 Å². The van der Waals surface area contributed by atoms with Crippen molar-refractivity contribution in [1.82, 2.24) is 0 Å². The predicted octanol–water partition coefficient (Wildman–Crippen LogP) is 3.54. The molecule has 16 heavy (non-hydrogen) atoms. The lowest BCUT2D eigenvalue weighted by atomic mass is 10.1. The molecule has 1 N–H and O–H groups in total. The van der Waals surface area contributed by atoms with Gasteiger partial charge in [0, 0.05) is 17.1 Å². The molecule has 0 amide bonds. The molecule has 80 valence electrons. The largest absolute Gasteiger partial charge is 0.380 e. The van der Waals surface area contributed by atoms with Crippen molar-refractivity contribution in [2.75, 3.05) is 5.32 Å². The summed E-state index contributed by atoms with van der Waals surface area (Å²) in [5.74, 6) is 0. The van der Waals surface area contributed by atoms with Crippen LogP contribution >= 0.6 is 11.3 Å². The molecule has 2 rings (SSSR count). The van der Waals surface area contributed by atoms with Crippen LogP contribution in [0.25, 0.3) is 0 Å². The van der Waals surface area contributed by atoms with Gasteiger partial charge < -0.3 is 5.32 Å². The van der Waals surface area contributed by atoms with Gasteiger partial charge in [-0.25, -0.2) is 0 Å². The normalized spacial score (nSPS) is 9.75. The fourth-order valence-electron chi connectivity index (χ4n) is 1.50. The van der Waals surface area contributed by atoms with Gasteiger partial charge in [0.2, 0.25) is 0 Å². The van der Waals surface area contributed by atoms with Crippen LogP contribution in [0.3, 0.4) is 0 Å². The lowest BCUT2D eigenvalue weighted by molar-refractivity contribution is 1.19. The average molecular weight is 228 g/mol. The number of rotatable bonds is 3. The summed E-state index contributed by atoms with van der Waals surface area (Å²) >= 11 is 1.74. The van der Waals surface area contributed by atoms with E-state index in [0.717, 1.165) is 23.4 Å². The third-order valence-corrected chi connectivity index (χ3v) is 3.27. The third kappa shape index (κ3) is 2.41. The second-order valence-corrected chi connectivity index (χ2v) is 4.61. The van der Waals surface area contributed by atoms with Gasteiger partial charge in [-0.1, -0.05) is 6.07 Å². The van der Waals surface area contributed by atoms with Crippen molar-refractivity contribution in [3.63, 3.8) is 0 Å². The van der Waals surface area contributed by atoms with Gasteiger partial charge >= 0.3 is 0 Å². The number of nitrogens with zero attached hydrogens (tertiary/aromatic N) is 1. The van der Waals surface area contributed by atoms with Crippen molar-refractivity contribution in [1.29, 1.82) is 5.26 Å². The fourth-order valence-corrected chi connectivity index (χ4v) is 2.15. The van der Waals surface area contributed by atoms with Crippen LogP contribution < -0.4 is 5.32 Å². The molecule has 2 nitrogen and oxygen atoms in total. The highest BCUT2D eigenvalue weighted by molar-refractivity contribution is 7.09. The molecule has 0 unspecified atom stereocenters. The summed E-state index contributed by atoms with van der Waals surface area (Å²) in [4.78, 5) is 1.31. The summed E-state index contributed by atoms with van der Waals surface area (Å²) in [6, 6.07) is 12.1. The van der Waals surface area contributed by atoms with E-state index in [9.17, 15) is 0 Å². The minimum atomic E-state index is 0.738. The Bertz CT molecular complexity index is 509. The number of hydrogen-bond donors (Lipinski definition) is 1. The van der Waals surface area contributed by atoms with E-state index in [-0.39, 0.29) is 0 Å². The molecule has 0 bridgehead atoms. The Labute approximate surface area is 99.2 Å². The minimum absolute atomic E-state index is 0.738. The molecule has 0 atom stereocenters. The van der Waals surface area contributed by atoms with Crippen LogP contribution in [0.4, 0.5) is 5.69 Å². The molecule has 0 aliphatic rings. The maximum absolute atomic E-state index is 8.82. The van der Waals surface area contributed by atoms with E-state index in [2.05, 4.69) is 22.8 Å². The minimum Gasteiger partial charge on any atom is -0.380 e. The molecule has 0 saturated carbocycles. The number of nitrogens with one attached hydrogen (secondary N) is 1. The first-order chi connectivity index (χ1) is 7.79. The zero-order chi connectivity index (χ0) is 11.4. The zero-order valence-electron chi connectivity index (χ0n) is 9.03. The first-order valence-electron chi connectivity index (χ1n) is 5.06. The molecule has 1 aromatic heterocycles. The molecular weight excluding hydrogens is 216 g/mol. The highest BCUT2D eigenvalue weighted by Crippen LogP contribution is 2.16. The van der Waals surface area contributed by atoms with E-state index in [1.807, 2.05) is 31.2 Å². The van der Waals surface area contributed by atoms with Crippen molar-refractivity contribution in [3.8, 4) is 6.07 Å². The lowest BCUT2D eigenvalue weighted by Crippen LogP contribution is -1.97. The molecule has 1 aromatic carbocycles. The van der Waals surface area contributed by atoms with Crippen molar-refractivity contribution in [2.24, 2.45) is 0 Å². The van der Waals surface area contributed by atoms with Crippen molar-refractivity contribution < 1.29 is 0 Å². The van der Waals surface area contributed by atoms with Crippen LogP contribution in [0.15, 0.2) is 35.7 Å². The Morgan fingerprint density at radius 1 is 1.38 bits per heavy atom. The second-order valence-electron chi connectivity index (χ2n) is 3.57. The number of benzene rings is 1. The second kappa shape index (κ2) is 4.82. The van der Waals surface area contributed by atoms with Crippen LogP contribution in [-0.4, -0.2) is 0 Å². The maximum Gasteiger partial charge on any atom is 0.0994 e. The monoisotopic (exact) mass is 228 g/mol. The number of aryl methyl sites for hydroxylation is 1. The quantitative estimate of drug-likeness (QED) is 0.872. The molecule has 0 saturated heterocycles. The Morgan fingerprint density at radius 3 is 2.88 bits per heavy atom. The van der Waals surface area contributed by atoms with Gasteiger partial charge in [0.25, 0.3) is 0 Å². The molecule has 0 aliphatic carbocycles. The summed E-state index contributed by atoms with van der Waals surface area (Å²) in [6.45, 7) is 2.79. The Morgan fingerprint density at radius 2 is 2.25 bits per heavy atom. The van der Waals surface area contributed by atoms with Gasteiger partial charge in [0.1, 0.15) is 0 Å². The number of hydrogen-bond acceptors (Lipinski definition) is 3. The van der Waals surface area contributed by atoms with E-state index >= 15 is 0 Å². The fraction of sp³-hybridized carbons (Fsp3) is 0.154. The first-order valence-corrected chi connectivity index (χ1v) is 5.94. The lowest BCUT2D eigenvalue weighted by Gasteiger charge is -2.06. The van der Waals surface area contributed by atoms with Crippen LogP contribution in [0.2, 0.25) is 0 Å². The molecule has 0 aliphatic heterocycles. The van der Waals surface area contributed by atoms with Gasteiger partial charge in [-0.15, -0.1) is 11.3 Å². The van der Waals surface area contributed by atoms with Gasteiger partial charge in [-0.05, 0) is 42.1 Å². The average Bonchev–Trinajstić information content (AvgIpc) is 2.79. The maximum atomic E-state index is 8.82. The standard InChI is InChI=1S/C13H12N2S/c1-10-7-12(5-4-11(10)8-14)15-9-13-3-2-6-16-13/h2-7,15H,9H2,1H3. The van der Waals surface area contributed by atoms with Gasteiger partial charge in [-0.3, -0.25) is 0 Å². The molecular formula is C13H12N2S. The molecule has 0 fully saturated rings. The van der Waals surface area contributed by atoms with Crippen LogP contribution in [-0.2, 0) is 6.54 Å². The predicted molar refractivity (Wildman–Crippen MR) is 67.5 cm³/mol. The summed E-state index contributed by atoms with van der Waals surface area (Å²) in [7, 11) is 0. The number of nitriles is 1. The van der Waals surface area contributed by atoms with Crippen LogP contribution in [0, 0.1) is 18.3 Å². The van der Waals surface area contributed by atoms with E-state index in [4.69, 9.17) is 5.26 Å². The van der Waals surface area contributed by atoms with Gasteiger partial charge in [-0.2, -0.15) is 5.26 Å². The van der Waals surface area contributed by atoms with Gasteiger partial charge in [0.15, 0.2) is 0 Å². The first kappa shape index (κ1) is 10.7.